The molecule has 1 aromatic carbocycles. The van der Waals surface area contributed by atoms with Crippen LogP contribution in [0, 0.1) is 5.92 Å². The van der Waals surface area contributed by atoms with Gasteiger partial charge in [0, 0.05) is 17.1 Å². The Balaban J connectivity index is 1.76. The molecule has 1 aliphatic rings. The van der Waals surface area contributed by atoms with Crippen LogP contribution >= 0.6 is 0 Å². The van der Waals surface area contributed by atoms with E-state index in [9.17, 15) is 9.59 Å². The van der Waals surface area contributed by atoms with Gasteiger partial charge in [0.05, 0.1) is 24.6 Å². The highest BCUT2D eigenvalue weighted by atomic mass is 16.5. The zero-order chi connectivity index (χ0) is 14.8. The molecule has 110 valence electrons. The van der Waals surface area contributed by atoms with Crippen LogP contribution in [0.3, 0.4) is 0 Å². The smallest absolute Gasteiger partial charge is 0.308 e. The van der Waals surface area contributed by atoms with Crippen molar-refractivity contribution in [1.29, 1.82) is 0 Å². The topological polar surface area (TPSA) is 61.2 Å². The lowest BCUT2D eigenvalue weighted by Gasteiger charge is -2.26. The molecule has 0 radical (unpaired) electrons. The van der Waals surface area contributed by atoms with Crippen LogP contribution in [-0.2, 0) is 9.53 Å². The summed E-state index contributed by atoms with van der Waals surface area (Å²) in [6, 6.07) is 5.84. The number of carbonyl (C=O) groups is 2. The van der Waals surface area contributed by atoms with Crippen molar-refractivity contribution in [1.82, 2.24) is 9.78 Å². The number of hydrogen-bond donors (Lipinski definition) is 0. The van der Waals surface area contributed by atoms with Gasteiger partial charge in [-0.3, -0.25) is 14.3 Å². The molecule has 5 heteroatoms. The molecule has 5 nitrogen and oxygen atoms in total. The Morgan fingerprint density at radius 3 is 2.76 bits per heavy atom. The lowest BCUT2D eigenvalue weighted by molar-refractivity contribution is -0.146. The number of esters is 1. The molecule has 0 unspecified atom stereocenters. The number of aldehydes is 1. The fraction of sp³-hybridized carbons (Fsp3) is 0.438. The van der Waals surface area contributed by atoms with Crippen molar-refractivity contribution in [2.24, 2.45) is 5.92 Å². The van der Waals surface area contributed by atoms with Crippen LogP contribution in [0.2, 0.25) is 0 Å². The van der Waals surface area contributed by atoms with Crippen molar-refractivity contribution in [3.8, 4) is 0 Å². The molecular formula is C16H18N2O3. The lowest BCUT2D eigenvalue weighted by atomic mass is 9.86. The van der Waals surface area contributed by atoms with Gasteiger partial charge in [0.15, 0.2) is 0 Å². The second-order valence-electron chi connectivity index (χ2n) is 5.57. The minimum atomic E-state index is -0.102. The van der Waals surface area contributed by atoms with Crippen molar-refractivity contribution in [2.75, 3.05) is 7.11 Å². The van der Waals surface area contributed by atoms with Gasteiger partial charge in [-0.15, -0.1) is 0 Å². The van der Waals surface area contributed by atoms with E-state index in [1.165, 1.54) is 7.11 Å². The molecule has 1 fully saturated rings. The van der Waals surface area contributed by atoms with E-state index in [-0.39, 0.29) is 11.9 Å². The third-order valence-electron chi connectivity index (χ3n) is 4.29. The van der Waals surface area contributed by atoms with Crippen molar-refractivity contribution >= 4 is 23.2 Å². The van der Waals surface area contributed by atoms with Gasteiger partial charge in [0.25, 0.3) is 0 Å². The minimum Gasteiger partial charge on any atom is -0.469 e. The third kappa shape index (κ3) is 2.68. The fourth-order valence-corrected chi connectivity index (χ4v) is 3.06. The highest BCUT2D eigenvalue weighted by Gasteiger charge is 2.28. The summed E-state index contributed by atoms with van der Waals surface area (Å²) in [5.41, 5.74) is 1.48. The summed E-state index contributed by atoms with van der Waals surface area (Å²) >= 11 is 0. The molecule has 2 aromatic rings. The largest absolute Gasteiger partial charge is 0.469 e. The molecule has 1 aliphatic carbocycles. The standard InChI is InChI=1S/C16H18N2O3/c1-21-16(20)12-4-6-14(7-5-12)18-9-13-3-2-11(10-19)8-15(13)17-18/h2-3,8-10,12,14H,4-7H2,1H3. The molecule has 0 bridgehead atoms. The maximum absolute atomic E-state index is 11.5. The van der Waals surface area contributed by atoms with E-state index >= 15 is 0 Å². The van der Waals surface area contributed by atoms with Crippen LogP contribution in [-0.4, -0.2) is 29.1 Å². The van der Waals surface area contributed by atoms with Crippen LogP contribution in [0.15, 0.2) is 24.4 Å². The molecule has 1 aromatic heterocycles. The summed E-state index contributed by atoms with van der Waals surface area (Å²) < 4.78 is 6.79. The second kappa shape index (κ2) is 5.68. The van der Waals surface area contributed by atoms with Gasteiger partial charge in [0.1, 0.15) is 6.29 Å². The molecule has 0 aliphatic heterocycles. The van der Waals surface area contributed by atoms with E-state index in [2.05, 4.69) is 5.10 Å². The fourth-order valence-electron chi connectivity index (χ4n) is 3.06. The van der Waals surface area contributed by atoms with Crippen molar-refractivity contribution in [2.45, 2.75) is 31.7 Å². The van der Waals surface area contributed by atoms with Gasteiger partial charge < -0.3 is 4.74 Å². The summed E-state index contributed by atoms with van der Waals surface area (Å²) in [6.07, 6.45) is 6.38. The maximum atomic E-state index is 11.5. The summed E-state index contributed by atoms with van der Waals surface area (Å²) in [5, 5.41) is 5.61. The highest BCUT2D eigenvalue weighted by molar-refractivity contribution is 5.86. The molecule has 1 saturated carbocycles. The van der Waals surface area contributed by atoms with Gasteiger partial charge >= 0.3 is 5.97 Å². The highest BCUT2D eigenvalue weighted by Crippen LogP contribution is 2.33. The zero-order valence-corrected chi connectivity index (χ0v) is 12.0. The van der Waals surface area contributed by atoms with Gasteiger partial charge in [-0.05, 0) is 31.7 Å². The van der Waals surface area contributed by atoms with E-state index in [1.807, 2.05) is 16.9 Å². The van der Waals surface area contributed by atoms with E-state index < -0.39 is 0 Å². The van der Waals surface area contributed by atoms with Crippen LogP contribution in [0.25, 0.3) is 10.9 Å². The minimum absolute atomic E-state index is 0.0258. The first-order valence-corrected chi connectivity index (χ1v) is 7.23. The van der Waals surface area contributed by atoms with Crippen molar-refractivity contribution in [3.05, 3.63) is 30.0 Å². The Hall–Kier alpha value is -2.17. The number of ether oxygens (including phenoxy) is 1. The van der Waals surface area contributed by atoms with E-state index in [1.54, 1.807) is 12.1 Å². The molecule has 0 spiro atoms. The van der Waals surface area contributed by atoms with Crippen LogP contribution in [0.1, 0.15) is 42.1 Å². The molecule has 0 amide bonds. The molecule has 1 heterocycles. The molecule has 21 heavy (non-hydrogen) atoms. The number of benzene rings is 1. The predicted octanol–water partition coefficient (Wildman–Crippen LogP) is 2.75. The van der Waals surface area contributed by atoms with Crippen molar-refractivity contribution < 1.29 is 14.3 Å². The van der Waals surface area contributed by atoms with Crippen molar-refractivity contribution in [3.63, 3.8) is 0 Å². The first kappa shape index (κ1) is 13.8. The molecule has 0 N–H and O–H groups in total. The summed E-state index contributed by atoms with van der Waals surface area (Å²) in [6.45, 7) is 0. The molecule has 0 atom stereocenters. The predicted molar refractivity (Wildman–Crippen MR) is 78.1 cm³/mol. The van der Waals surface area contributed by atoms with Crippen LogP contribution in [0.4, 0.5) is 0 Å². The summed E-state index contributed by atoms with van der Waals surface area (Å²) in [7, 11) is 1.44. The number of rotatable bonds is 3. The summed E-state index contributed by atoms with van der Waals surface area (Å²) in [5.74, 6) is -0.0763. The van der Waals surface area contributed by atoms with Gasteiger partial charge in [-0.25, -0.2) is 0 Å². The average Bonchev–Trinajstić information content (AvgIpc) is 2.97. The normalized spacial score (nSPS) is 22.1. The first-order valence-electron chi connectivity index (χ1n) is 7.23. The maximum Gasteiger partial charge on any atom is 0.308 e. The second-order valence-corrected chi connectivity index (χ2v) is 5.57. The number of fused-ring (bicyclic) bond motifs is 1. The zero-order valence-electron chi connectivity index (χ0n) is 12.0. The number of nitrogens with zero attached hydrogens (tertiary/aromatic N) is 2. The third-order valence-corrected chi connectivity index (χ3v) is 4.29. The van der Waals surface area contributed by atoms with E-state index in [4.69, 9.17) is 4.74 Å². The Bertz CT molecular complexity index is 669. The lowest BCUT2D eigenvalue weighted by Crippen LogP contribution is -2.24. The SMILES string of the molecule is COC(=O)C1CCC(n2cc3ccc(C=O)cc3n2)CC1. The van der Waals surface area contributed by atoms with Gasteiger partial charge in [-0.2, -0.15) is 5.10 Å². The quantitative estimate of drug-likeness (QED) is 0.643. The Labute approximate surface area is 122 Å². The number of hydrogen-bond acceptors (Lipinski definition) is 4. The Morgan fingerprint density at radius 2 is 2.10 bits per heavy atom. The average molecular weight is 286 g/mol. The number of methoxy groups -OCH3 is 1. The Morgan fingerprint density at radius 1 is 1.33 bits per heavy atom. The number of aromatic nitrogens is 2. The van der Waals surface area contributed by atoms with E-state index in [0.29, 0.717) is 11.6 Å². The molecular weight excluding hydrogens is 268 g/mol. The van der Waals surface area contributed by atoms with Crippen LogP contribution < -0.4 is 0 Å². The Kier molecular flexibility index (Phi) is 3.73. The van der Waals surface area contributed by atoms with Gasteiger partial charge in [-0.1, -0.05) is 12.1 Å². The van der Waals surface area contributed by atoms with Gasteiger partial charge in [0.2, 0.25) is 0 Å². The van der Waals surface area contributed by atoms with Crippen LogP contribution in [0.5, 0.6) is 0 Å². The number of carbonyl (C=O) groups excluding carboxylic acids is 2. The first-order chi connectivity index (χ1) is 10.2. The monoisotopic (exact) mass is 286 g/mol. The summed E-state index contributed by atoms with van der Waals surface area (Å²) in [4.78, 5) is 22.4. The van der Waals surface area contributed by atoms with E-state index in [0.717, 1.165) is 42.9 Å². The molecule has 0 saturated heterocycles. The molecule has 3 rings (SSSR count).